The minimum Gasteiger partial charge on any atom is -0.480 e. The van der Waals surface area contributed by atoms with Crippen molar-refractivity contribution in [1.29, 1.82) is 0 Å². The Balaban J connectivity index is 2.11. The highest BCUT2D eigenvalue weighted by molar-refractivity contribution is 8.00. The van der Waals surface area contributed by atoms with Crippen molar-refractivity contribution >= 4 is 41.1 Å². The summed E-state index contributed by atoms with van der Waals surface area (Å²) in [6, 6.07) is 13.5. The fourth-order valence-electron chi connectivity index (χ4n) is 4.27. The van der Waals surface area contributed by atoms with Gasteiger partial charge in [0.2, 0.25) is 5.91 Å². The van der Waals surface area contributed by atoms with Crippen molar-refractivity contribution in [1.82, 2.24) is 9.78 Å². The second-order valence-electron chi connectivity index (χ2n) is 9.59. The average Bonchev–Trinajstić information content (AvgIpc) is 3.08. The maximum Gasteiger partial charge on any atom is 0.323 e. The second-order valence-corrected chi connectivity index (χ2v) is 11.1. The van der Waals surface area contributed by atoms with Crippen molar-refractivity contribution in [2.24, 2.45) is 0 Å². The molecule has 3 aromatic rings. The second kappa shape index (κ2) is 9.12. The van der Waals surface area contributed by atoms with Gasteiger partial charge in [-0.1, -0.05) is 56.6 Å². The number of fused-ring (bicyclic) bond motifs is 1. The van der Waals surface area contributed by atoms with Gasteiger partial charge in [0, 0.05) is 16.0 Å². The number of aryl methyl sites for hydroxylation is 1. The van der Waals surface area contributed by atoms with E-state index in [0.717, 1.165) is 33.6 Å². The van der Waals surface area contributed by atoms with Gasteiger partial charge >= 0.3 is 5.97 Å². The highest BCUT2D eigenvalue weighted by Crippen LogP contribution is 2.48. The number of aliphatic carboxylic acids is 1. The van der Waals surface area contributed by atoms with E-state index in [1.165, 1.54) is 16.7 Å². The van der Waals surface area contributed by atoms with Gasteiger partial charge in [0.25, 0.3) is 0 Å². The van der Waals surface area contributed by atoms with E-state index in [2.05, 4.69) is 20.8 Å². The molecule has 0 bridgehead atoms. The zero-order valence-electron chi connectivity index (χ0n) is 19.9. The third-order valence-electron chi connectivity index (χ3n) is 6.05. The molecule has 0 radical (unpaired) electrons. The van der Waals surface area contributed by atoms with Crippen LogP contribution >= 0.6 is 23.4 Å². The molecule has 1 aliphatic heterocycles. The van der Waals surface area contributed by atoms with Crippen molar-refractivity contribution in [2.45, 2.75) is 45.3 Å². The first-order valence-electron chi connectivity index (χ1n) is 11.1. The maximum absolute atomic E-state index is 13.3. The zero-order chi connectivity index (χ0) is 24.8. The summed E-state index contributed by atoms with van der Waals surface area (Å²) in [5.41, 5.74) is 5.21. The topological polar surface area (TPSA) is 75.4 Å². The first-order chi connectivity index (χ1) is 16.0. The number of halogens is 1. The molecule has 0 saturated heterocycles. The van der Waals surface area contributed by atoms with Crippen molar-refractivity contribution in [2.75, 3.05) is 17.2 Å². The van der Waals surface area contributed by atoms with Gasteiger partial charge in [-0.3, -0.25) is 14.5 Å². The largest absolute Gasteiger partial charge is 0.480 e. The molecule has 2 aromatic carbocycles. The number of hydrogen-bond acceptors (Lipinski definition) is 4. The van der Waals surface area contributed by atoms with Crippen LogP contribution in [0.4, 0.5) is 5.82 Å². The molecule has 4 rings (SSSR count). The Morgan fingerprint density at radius 3 is 2.56 bits per heavy atom. The number of anilines is 1. The van der Waals surface area contributed by atoms with Gasteiger partial charge in [-0.25, -0.2) is 4.68 Å². The van der Waals surface area contributed by atoms with Crippen LogP contribution in [0.5, 0.6) is 0 Å². The Hall–Kier alpha value is -2.77. The zero-order valence-corrected chi connectivity index (χ0v) is 21.5. The van der Waals surface area contributed by atoms with Gasteiger partial charge in [0.1, 0.15) is 12.4 Å². The summed E-state index contributed by atoms with van der Waals surface area (Å²) in [7, 11) is 0. The van der Waals surface area contributed by atoms with Crippen LogP contribution in [0.1, 0.15) is 54.0 Å². The highest BCUT2D eigenvalue weighted by atomic mass is 35.5. The molecule has 0 spiro atoms. The molecule has 178 valence electrons. The fraction of sp³-hybridized carbons (Fsp3) is 0.346. The van der Waals surface area contributed by atoms with Gasteiger partial charge in [-0.15, -0.1) is 11.8 Å². The molecular weight excluding hydrogens is 470 g/mol. The van der Waals surface area contributed by atoms with Gasteiger partial charge < -0.3 is 5.11 Å². The molecule has 6 nitrogen and oxygen atoms in total. The monoisotopic (exact) mass is 497 g/mol. The number of carbonyl (C=O) groups excluding carboxylic acids is 1. The third-order valence-corrected chi connectivity index (χ3v) is 7.54. The molecule has 1 amide bonds. The van der Waals surface area contributed by atoms with Crippen molar-refractivity contribution in [3.05, 3.63) is 75.4 Å². The van der Waals surface area contributed by atoms with E-state index >= 15 is 0 Å². The number of carboxylic acids is 1. The maximum atomic E-state index is 13.3. The number of rotatable bonds is 4. The van der Waals surface area contributed by atoms with Gasteiger partial charge in [0.05, 0.1) is 22.4 Å². The van der Waals surface area contributed by atoms with Crippen molar-refractivity contribution in [3.63, 3.8) is 0 Å². The van der Waals surface area contributed by atoms with E-state index < -0.39 is 12.5 Å². The molecule has 0 fully saturated rings. The summed E-state index contributed by atoms with van der Waals surface area (Å²) in [5.74, 6) is -0.669. The van der Waals surface area contributed by atoms with Crippen LogP contribution in [0, 0.1) is 13.8 Å². The highest BCUT2D eigenvalue weighted by Gasteiger charge is 2.40. The number of hydrogen-bond donors (Lipinski definition) is 1. The lowest BCUT2D eigenvalue weighted by atomic mass is 9.87. The Morgan fingerprint density at radius 1 is 1.21 bits per heavy atom. The predicted molar refractivity (Wildman–Crippen MR) is 137 cm³/mol. The van der Waals surface area contributed by atoms with E-state index in [-0.39, 0.29) is 22.3 Å². The number of aromatic nitrogens is 2. The molecule has 1 N–H and O–H groups in total. The lowest BCUT2D eigenvalue weighted by Gasteiger charge is -2.24. The number of benzene rings is 2. The summed E-state index contributed by atoms with van der Waals surface area (Å²) in [5, 5.41) is 15.1. The van der Waals surface area contributed by atoms with E-state index in [0.29, 0.717) is 10.8 Å². The van der Waals surface area contributed by atoms with Crippen molar-refractivity contribution < 1.29 is 14.7 Å². The molecule has 1 aromatic heterocycles. The van der Waals surface area contributed by atoms with Crippen LogP contribution in [0.25, 0.3) is 5.69 Å². The van der Waals surface area contributed by atoms with Crippen LogP contribution < -0.4 is 4.90 Å². The van der Waals surface area contributed by atoms with Crippen LogP contribution in [-0.4, -0.2) is 39.1 Å². The molecule has 0 aliphatic carbocycles. The average molecular weight is 498 g/mol. The smallest absolute Gasteiger partial charge is 0.323 e. The summed E-state index contributed by atoms with van der Waals surface area (Å²) >= 11 is 7.82. The Bertz CT molecular complexity index is 1280. The van der Waals surface area contributed by atoms with Crippen LogP contribution in [0.15, 0.2) is 42.5 Å². The van der Waals surface area contributed by atoms with Gasteiger partial charge in [0.15, 0.2) is 0 Å². The summed E-state index contributed by atoms with van der Waals surface area (Å²) < 4.78 is 1.77. The van der Waals surface area contributed by atoms with Crippen LogP contribution in [0.2, 0.25) is 5.02 Å². The first kappa shape index (κ1) is 24.4. The Morgan fingerprint density at radius 2 is 1.91 bits per heavy atom. The molecule has 1 unspecified atom stereocenters. The number of carbonyl (C=O) groups is 2. The predicted octanol–water partition coefficient (Wildman–Crippen LogP) is 5.69. The number of amides is 1. The molecule has 2 heterocycles. The third kappa shape index (κ3) is 4.46. The minimum atomic E-state index is -1.07. The lowest BCUT2D eigenvalue weighted by molar-refractivity contribution is -0.136. The molecule has 0 saturated carbocycles. The Kier molecular flexibility index (Phi) is 6.53. The normalized spacial score (nSPS) is 16.4. The fourth-order valence-corrected chi connectivity index (χ4v) is 5.66. The number of carboxylic acid groups (broad SMARTS) is 1. The van der Waals surface area contributed by atoms with Crippen LogP contribution in [0.3, 0.4) is 0 Å². The van der Waals surface area contributed by atoms with E-state index in [1.807, 2.05) is 56.3 Å². The Labute approximate surface area is 208 Å². The molecular formula is C26H28ClN3O3S. The van der Waals surface area contributed by atoms with E-state index in [4.69, 9.17) is 16.7 Å². The van der Waals surface area contributed by atoms with E-state index in [9.17, 15) is 14.7 Å². The SMILES string of the molecule is Cc1cccc(-n2nc(C(C)(C)C)c3c2N(CC(=O)O)C(=O)CSC3c2cccc(Cl)c2)c1C. The molecule has 8 heteroatoms. The molecule has 34 heavy (non-hydrogen) atoms. The molecule has 1 atom stereocenters. The number of nitrogens with zero attached hydrogens (tertiary/aromatic N) is 3. The van der Waals surface area contributed by atoms with Gasteiger partial charge in [-0.05, 0) is 48.7 Å². The van der Waals surface area contributed by atoms with Crippen LogP contribution in [-0.2, 0) is 15.0 Å². The standard InChI is InChI=1S/C26H28ClN3O3S/c1-15-8-6-11-19(16(15)2)30-25-22(24(28-30)26(3,4)5)23(17-9-7-10-18(27)12-17)34-14-20(31)29(25)13-21(32)33/h6-12,23H,13-14H2,1-5H3,(H,32,33). The first-order valence-corrected chi connectivity index (χ1v) is 12.5. The molecule has 1 aliphatic rings. The summed E-state index contributed by atoms with van der Waals surface area (Å²) in [4.78, 5) is 26.6. The van der Waals surface area contributed by atoms with E-state index in [1.54, 1.807) is 4.68 Å². The quantitative estimate of drug-likeness (QED) is 0.500. The lowest BCUT2D eigenvalue weighted by Crippen LogP contribution is -2.38. The summed E-state index contributed by atoms with van der Waals surface area (Å²) in [6.07, 6.45) is 0. The minimum absolute atomic E-state index is 0.148. The number of thioether (sulfide) groups is 1. The summed E-state index contributed by atoms with van der Waals surface area (Å²) in [6.45, 7) is 9.84. The van der Waals surface area contributed by atoms with Gasteiger partial charge in [-0.2, -0.15) is 5.10 Å². The van der Waals surface area contributed by atoms with Crippen molar-refractivity contribution in [3.8, 4) is 5.69 Å².